The Hall–Kier alpha value is -1.71. The zero-order valence-electron chi connectivity index (χ0n) is 12.5. The minimum Gasteiger partial charge on any atom is -0.464 e. The lowest BCUT2D eigenvalue weighted by molar-refractivity contribution is -0.231. The smallest absolute Gasteiger partial charge is 0.422 e. The van der Waals surface area contributed by atoms with E-state index in [1.54, 1.807) is 0 Å². The van der Waals surface area contributed by atoms with E-state index in [1.807, 2.05) is 5.32 Å². The van der Waals surface area contributed by atoms with Gasteiger partial charge < -0.3 is 10.1 Å². The first kappa shape index (κ1) is 18.3. The van der Waals surface area contributed by atoms with E-state index < -0.39 is 29.5 Å². The van der Waals surface area contributed by atoms with Crippen molar-refractivity contribution in [3.05, 3.63) is 0 Å². The van der Waals surface area contributed by atoms with Crippen molar-refractivity contribution in [2.75, 3.05) is 6.61 Å². The molecule has 0 radical (unpaired) electrons. The van der Waals surface area contributed by atoms with Crippen LogP contribution in [0.3, 0.4) is 0 Å². The predicted molar refractivity (Wildman–Crippen MR) is 73.6 cm³/mol. The molecule has 1 unspecified atom stereocenters. The normalized spacial score (nSPS) is 17.8. The van der Waals surface area contributed by atoms with E-state index in [-0.39, 0.29) is 38.7 Å². The fraction of sp³-hybridized carbons (Fsp3) is 0.733. The molecule has 1 fully saturated rings. The lowest BCUT2D eigenvalue weighted by Gasteiger charge is -2.44. The van der Waals surface area contributed by atoms with E-state index in [0.29, 0.717) is 6.42 Å². The van der Waals surface area contributed by atoms with E-state index in [9.17, 15) is 22.8 Å². The highest BCUT2D eigenvalue weighted by molar-refractivity contribution is 5.89. The van der Waals surface area contributed by atoms with Crippen LogP contribution in [-0.2, 0) is 14.3 Å². The number of amides is 1. The molecule has 1 aliphatic carbocycles. The van der Waals surface area contributed by atoms with Crippen LogP contribution in [0.4, 0.5) is 13.2 Å². The number of unbranched alkanes of at least 4 members (excludes halogenated alkanes) is 1. The predicted octanol–water partition coefficient (Wildman–Crippen LogP) is 2.57. The Morgan fingerprint density at radius 3 is 2.41 bits per heavy atom. The number of terminal acetylenes is 1. The SMILES string of the molecule is C#CCCCC(=O)NC(C(=O)OCC)(C1CCC1)C(F)(F)F. The summed E-state index contributed by atoms with van der Waals surface area (Å²) >= 11 is 0. The van der Waals surface area contributed by atoms with Gasteiger partial charge >= 0.3 is 12.1 Å². The standard InChI is InChI=1S/C15H20F3NO3/c1-3-5-6-10-12(20)19-14(15(16,17)18,11-8-7-9-11)13(21)22-4-2/h1,11H,4-10H2,2H3,(H,19,20). The molecule has 124 valence electrons. The van der Waals surface area contributed by atoms with Gasteiger partial charge in [-0.25, -0.2) is 4.79 Å². The summed E-state index contributed by atoms with van der Waals surface area (Å²) in [7, 11) is 0. The van der Waals surface area contributed by atoms with E-state index in [2.05, 4.69) is 10.7 Å². The van der Waals surface area contributed by atoms with Gasteiger partial charge in [0.2, 0.25) is 11.4 Å². The van der Waals surface area contributed by atoms with Crippen LogP contribution >= 0.6 is 0 Å². The summed E-state index contributed by atoms with van der Waals surface area (Å²) < 4.78 is 45.5. The minimum atomic E-state index is -4.91. The molecule has 0 aromatic heterocycles. The van der Waals surface area contributed by atoms with Crippen LogP contribution < -0.4 is 5.32 Å². The zero-order chi connectivity index (χ0) is 16.8. The second kappa shape index (κ2) is 7.52. The number of rotatable bonds is 7. The van der Waals surface area contributed by atoms with Crippen LogP contribution in [0.1, 0.15) is 45.4 Å². The maximum Gasteiger partial charge on any atom is 0.422 e. The quantitative estimate of drug-likeness (QED) is 0.446. The third kappa shape index (κ3) is 3.73. The number of carbonyl (C=O) groups excluding carboxylic acids is 2. The van der Waals surface area contributed by atoms with Crippen LogP contribution in [-0.4, -0.2) is 30.2 Å². The molecule has 0 aromatic carbocycles. The van der Waals surface area contributed by atoms with Gasteiger partial charge in [0.05, 0.1) is 6.61 Å². The topological polar surface area (TPSA) is 55.4 Å². The fourth-order valence-electron chi connectivity index (χ4n) is 2.46. The lowest BCUT2D eigenvalue weighted by Crippen LogP contribution is -2.69. The molecule has 1 N–H and O–H groups in total. The summed E-state index contributed by atoms with van der Waals surface area (Å²) in [6.07, 6.45) is 1.57. The van der Waals surface area contributed by atoms with Crippen molar-refractivity contribution < 1.29 is 27.5 Å². The molecule has 1 saturated carbocycles. The Balaban J connectivity index is 3.00. The van der Waals surface area contributed by atoms with Gasteiger partial charge in [0.15, 0.2) is 0 Å². The largest absolute Gasteiger partial charge is 0.464 e. The van der Waals surface area contributed by atoms with Gasteiger partial charge in [-0.2, -0.15) is 13.2 Å². The number of hydrogen-bond acceptors (Lipinski definition) is 3. The second-order valence-corrected chi connectivity index (χ2v) is 5.26. The maximum absolute atomic E-state index is 13.6. The maximum atomic E-state index is 13.6. The molecule has 7 heteroatoms. The third-order valence-corrected chi connectivity index (χ3v) is 3.82. The van der Waals surface area contributed by atoms with Crippen molar-refractivity contribution in [2.45, 2.75) is 57.2 Å². The van der Waals surface area contributed by atoms with Crippen molar-refractivity contribution in [3.63, 3.8) is 0 Å². The number of esters is 1. The van der Waals surface area contributed by atoms with Crippen LogP contribution in [0.5, 0.6) is 0 Å². The molecule has 1 aliphatic rings. The first-order chi connectivity index (χ1) is 10.3. The number of ether oxygens (including phenoxy) is 1. The van der Waals surface area contributed by atoms with Gasteiger partial charge in [-0.1, -0.05) is 6.42 Å². The summed E-state index contributed by atoms with van der Waals surface area (Å²) in [4.78, 5) is 23.9. The number of halogens is 3. The molecule has 0 spiro atoms. The molecular weight excluding hydrogens is 299 g/mol. The Kier molecular flexibility index (Phi) is 6.27. The Morgan fingerprint density at radius 1 is 1.36 bits per heavy atom. The van der Waals surface area contributed by atoms with Gasteiger partial charge in [-0.05, 0) is 26.2 Å². The highest BCUT2D eigenvalue weighted by atomic mass is 19.4. The monoisotopic (exact) mass is 319 g/mol. The van der Waals surface area contributed by atoms with E-state index in [1.165, 1.54) is 6.92 Å². The molecule has 0 bridgehead atoms. The van der Waals surface area contributed by atoms with Crippen LogP contribution in [0.2, 0.25) is 0 Å². The third-order valence-electron chi connectivity index (χ3n) is 3.82. The van der Waals surface area contributed by atoms with Crippen molar-refractivity contribution in [1.29, 1.82) is 0 Å². The average Bonchev–Trinajstić information content (AvgIpc) is 2.34. The Labute approximate surface area is 127 Å². The van der Waals surface area contributed by atoms with Crippen LogP contribution in [0.15, 0.2) is 0 Å². The summed E-state index contributed by atoms with van der Waals surface area (Å²) in [5, 5.41) is 1.91. The summed E-state index contributed by atoms with van der Waals surface area (Å²) in [6.45, 7) is 1.24. The number of hydrogen-bond donors (Lipinski definition) is 1. The second-order valence-electron chi connectivity index (χ2n) is 5.26. The molecule has 22 heavy (non-hydrogen) atoms. The number of nitrogens with one attached hydrogen (secondary N) is 1. The molecule has 0 aliphatic heterocycles. The average molecular weight is 319 g/mol. The minimum absolute atomic E-state index is 0.159. The van der Waals surface area contributed by atoms with Gasteiger partial charge in [0.25, 0.3) is 0 Å². The van der Waals surface area contributed by atoms with E-state index in [4.69, 9.17) is 6.42 Å². The number of alkyl halides is 3. The summed E-state index contributed by atoms with van der Waals surface area (Å²) in [6, 6.07) is 0. The van der Waals surface area contributed by atoms with Gasteiger partial charge in [-0.15, -0.1) is 12.3 Å². The van der Waals surface area contributed by atoms with Crippen molar-refractivity contribution in [2.24, 2.45) is 5.92 Å². The summed E-state index contributed by atoms with van der Waals surface area (Å²) in [5.41, 5.74) is -2.95. The van der Waals surface area contributed by atoms with E-state index in [0.717, 1.165) is 0 Å². The Bertz CT molecular complexity index is 452. The fourth-order valence-corrected chi connectivity index (χ4v) is 2.46. The van der Waals surface area contributed by atoms with Crippen molar-refractivity contribution in [3.8, 4) is 12.3 Å². The van der Waals surface area contributed by atoms with Gasteiger partial charge in [0, 0.05) is 18.8 Å². The van der Waals surface area contributed by atoms with Gasteiger partial charge in [-0.3, -0.25) is 4.79 Å². The Morgan fingerprint density at radius 2 is 2.00 bits per heavy atom. The molecule has 1 atom stereocenters. The van der Waals surface area contributed by atoms with Crippen LogP contribution in [0.25, 0.3) is 0 Å². The molecule has 1 amide bonds. The summed E-state index contributed by atoms with van der Waals surface area (Å²) in [5.74, 6) is -0.946. The van der Waals surface area contributed by atoms with Crippen molar-refractivity contribution in [1.82, 2.24) is 5.32 Å². The highest BCUT2D eigenvalue weighted by Gasteiger charge is 2.67. The van der Waals surface area contributed by atoms with Crippen molar-refractivity contribution >= 4 is 11.9 Å². The molecule has 1 rings (SSSR count). The molecule has 0 saturated heterocycles. The first-order valence-corrected chi connectivity index (χ1v) is 7.28. The molecule has 0 heterocycles. The van der Waals surface area contributed by atoms with E-state index >= 15 is 0 Å². The zero-order valence-corrected chi connectivity index (χ0v) is 12.5. The molecular formula is C15H20F3NO3. The first-order valence-electron chi connectivity index (χ1n) is 7.28. The van der Waals surface area contributed by atoms with Crippen LogP contribution in [0, 0.1) is 18.3 Å². The molecule has 4 nitrogen and oxygen atoms in total. The molecule has 0 aromatic rings. The van der Waals surface area contributed by atoms with Gasteiger partial charge in [0.1, 0.15) is 0 Å². The highest BCUT2D eigenvalue weighted by Crippen LogP contribution is 2.46. The lowest BCUT2D eigenvalue weighted by atomic mass is 9.70. The number of carbonyl (C=O) groups is 2.